The average molecular weight is 583 g/mol. The molecule has 6 atom stereocenters. The standard InChI is InChI=1S/C33H42O9/c1-14(2)22-25(37)20(16(4)34)27(39)33(42)28(40)23-26(38)21-19(15(3)31(23,8)29(41)32(22,33)9)11-10-17(24(21)36)12-18(35)13-30(5,6)7/h10-11,14-15,22,29,36,38-39,41-42H,12-13H2,1-9H3/t15-,22?,29-,31+,32+,33+/m1/s1. The van der Waals surface area contributed by atoms with Gasteiger partial charge in [0, 0.05) is 35.2 Å². The first-order chi connectivity index (χ1) is 19.1. The van der Waals surface area contributed by atoms with Crippen LogP contribution in [0.3, 0.4) is 0 Å². The number of fused-ring (bicyclic) bond motifs is 3. The monoisotopic (exact) mass is 582 g/mol. The lowest BCUT2D eigenvalue weighted by molar-refractivity contribution is -0.215. The molecule has 3 aliphatic carbocycles. The highest BCUT2D eigenvalue weighted by Gasteiger charge is 2.77. The van der Waals surface area contributed by atoms with Gasteiger partial charge in [0.2, 0.25) is 5.78 Å². The number of rotatable bonds is 5. The number of Topliss-reactive ketones (excluding diaryl/α,β-unsaturated/α-hetero) is 4. The Labute approximate surface area is 246 Å². The van der Waals surface area contributed by atoms with E-state index in [1.165, 1.54) is 6.92 Å². The lowest BCUT2D eigenvalue weighted by atomic mass is 9.40. The number of hydrogen-bond acceptors (Lipinski definition) is 9. The van der Waals surface area contributed by atoms with Crippen LogP contribution in [-0.4, -0.2) is 60.4 Å². The summed E-state index contributed by atoms with van der Waals surface area (Å²) in [7, 11) is 0. The normalized spacial score (nSPS) is 33.0. The van der Waals surface area contributed by atoms with Gasteiger partial charge in [0.15, 0.2) is 17.2 Å². The Morgan fingerprint density at radius 2 is 1.62 bits per heavy atom. The zero-order valence-corrected chi connectivity index (χ0v) is 25.7. The van der Waals surface area contributed by atoms with Crippen LogP contribution in [0, 0.1) is 28.1 Å². The third kappa shape index (κ3) is 3.89. The minimum absolute atomic E-state index is 0.105. The predicted molar refractivity (Wildman–Crippen MR) is 155 cm³/mol. The molecule has 1 unspecified atom stereocenters. The van der Waals surface area contributed by atoms with Gasteiger partial charge in [-0.3, -0.25) is 19.2 Å². The van der Waals surface area contributed by atoms with Crippen molar-refractivity contribution >= 4 is 28.9 Å². The molecule has 0 amide bonds. The summed E-state index contributed by atoms with van der Waals surface area (Å²) in [4.78, 5) is 53.4. The van der Waals surface area contributed by atoms with Crippen molar-refractivity contribution in [2.45, 2.75) is 92.8 Å². The number of carbonyl (C=O) groups is 4. The fourth-order valence-electron chi connectivity index (χ4n) is 7.98. The summed E-state index contributed by atoms with van der Waals surface area (Å²) in [6, 6.07) is 3.21. The first-order valence-corrected chi connectivity index (χ1v) is 14.3. The third-order valence-corrected chi connectivity index (χ3v) is 10.0. The van der Waals surface area contributed by atoms with Crippen LogP contribution in [0.5, 0.6) is 5.75 Å². The summed E-state index contributed by atoms with van der Waals surface area (Å²) in [6.45, 7) is 14.7. The number of aliphatic hydroxyl groups excluding tert-OH is 3. The van der Waals surface area contributed by atoms with Crippen LogP contribution < -0.4 is 0 Å². The van der Waals surface area contributed by atoms with Gasteiger partial charge in [-0.05, 0) is 29.7 Å². The molecule has 42 heavy (non-hydrogen) atoms. The predicted octanol–water partition coefficient (Wildman–Crippen LogP) is 4.27. The van der Waals surface area contributed by atoms with Crippen molar-refractivity contribution in [3.8, 4) is 5.75 Å². The minimum atomic E-state index is -2.94. The van der Waals surface area contributed by atoms with Gasteiger partial charge in [0.1, 0.15) is 28.6 Å². The lowest BCUT2D eigenvalue weighted by Gasteiger charge is -2.63. The van der Waals surface area contributed by atoms with Crippen LogP contribution in [0.2, 0.25) is 0 Å². The Balaban J connectivity index is 2.03. The molecule has 9 nitrogen and oxygen atoms in total. The highest BCUT2D eigenvalue weighted by molar-refractivity contribution is 6.24. The van der Waals surface area contributed by atoms with Crippen molar-refractivity contribution in [2.24, 2.45) is 28.1 Å². The van der Waals surface area contributed by atoms with Crippen molar-refractivity contribution in [1.29, 1.82) is 0 Å². The van der Waals surface area contributed by atoms with E-state index in [2.05, 4.69) is 0 Å². The van der Waals surface area contributed by atoms with E-state index in [1.54, 1.807) is 39.8 Å². The highest BCUT2D eigenvalue weighted by Crippen LogP contribution is 2.67. The van der Waals surface area contributed by atoms with E-state index in [1.807, 2.05) is 20.8 Å². The Kier molecular flexibility index (Phi) is 7.24. The van der Waals surface area contributed by atoms with Crippen LogP contribution in [-0.2, 0) is 25.6 Å². The molecule has 0 radical (unpaired) electrons. The molecular weight excluding hydrogens is 540 g/mol. The average Bonchev–Trinajstić information content (AvgIpc) is 2.84. The largest absolute Gasteiger partial charge is 0.508 e. The van der Waals surface area contributed by atoms with Gasteiger partial charge in [-0.1, -0.05) is 67.5 Å². The SMILES string of the molecule is CC(=O)C1=C(O)[C@]2(O)C(=O)C3=C(O)c4c(ccc(CC(=O)CC(C)(C)C)c4O)[C@@H](C)[C@]3(C)[C@@H](O)[C@]2(C)C(C(C)C)C1=O. The van der Waals surface area contributed by atoms with Gasteiger partial charge in [-0.2, -0.15) is 0 Å². The van der Waals surface area contributed by atoms with E-state index in [9.17, 15) is 44.7 Å². The summed E-state index contributed by atoms with van der Waals surface area (Å²) < 4.78 is 0. The number of benzene rings is 1. The van der Waals surface area contributed by atoms with Crippen molar-refractivity contribution in [1.82, 2.24) is 0 Å². The molecule has 9 heteroatoms. The summed E-state index contributed by atoms with van der Waals surface area (Å²) in [6.07, 6.45) is -1.55. The zero-order valence-electron chi connectivity index (χ0n) is 25.7. The Morgan fingerprint density at radius 1 is 1.05 bits per heavy atom. The maximum Gasteiger partial charge on any atom is 0.203 e. The van der Waals surface area contributed by atoms with Crippen molar-refractivity contribution < 1.29 is 44.7 Å². The molecule has 1 saturated carbocycles. The molecule has 0 spiro atoms. The van der Waals surface area contributed by atoms with E-state index < -0.39 is 86.1 Å². The van der Waals surface area contributed by atoms with Crippen molar-refractivity contribution in [2.75, 3.05) is 0 Å². The molecule has 0 aliphatic heterocycles. The molecule has 0 aromatic heterocycles. The summed E-state index contributed by atoms with van der Waals surface area (Å²) in [5.74, 6) is -7.75. The molecule has 4 rings (SSSR count). The zero-order chi connectivity index (χ0) is 32.1. The number of aliphatic hydroxyl groups is 4. The highest BCUT2D eigenvalue weighted by atomic mass is 16.4. The van der Waals surface area contributed by atoms with Crippen molar-refractivity contribution in [3.05, 3.63) is 45.7 Å². The van der Waals surface area contributed by atoms with Gasteiger partial charge in [-0.25, -0.2) is 0 Å². The van der Waals surface area contributed by atoms with E-state index >= 15 is 0 Å². The Hall–Kier alpha value is -3.30. The van der Waals surface area contributed by atoms with E-state index in [0.717, 1.165) is 6.92 Å². The first kappa shape index (κ1) is 31.6. The molecule has 5 N–H and O–H groups in total. The third-order valence-electron chi connectivity index (χ3n) is 10.0. The van der Waals surface area contributed by atoms with E-state index in [0.29, 0.717) is 5.56 Å². The first-order valence-electron chi connectivity index (χ1n) is 14.3. The van der Waals surface area contributed by atoms with Gasteiger partial charge >= 0.3 is 0 Å². The van der Waals surface area contributed by atoms with Gasteiger partial charge in [-0.15, -0.1) is 0 Å². The van der Waals surface area contributed by atoms with Crippen LogP contribution in [0.25, 0.3) is 5.76 Å². The maximum atomic E-state index is 14.5. The molecule has 1 aromatic carbocycles. The number of hydrogen-bond donors (Lipinski definition) is 5. The van der Waals surface area contributed by atoms with Gasteiger partial charge in [0.05, 0.1) is 17.2 Å². The summed E-state index contributed by atoms with van der Waals surface area (Å²) >= 11 is 0. The number of ketones is 4. The molecule has 3 aliphatic rings. The Morgan fingerprint density at radius 3 is 2.12 bits per heavy atom. The topological polar surface area (TPSA) is 169 Å². The summed E-state index contributed by atoms with van der Waals surface area (Å²) in [5.41, 5.74) is -7.43. The molecule has 0 bridgehead atoms. The quantitative estimate of drug-likeness (QED) is 0.318. The summed E-state index contributed by atoms with van der Waals surface area (Å²) in [5, 5.41) is 58.7. The number of allylic oxidation sites excluding steroid dienone is 1. The molecule has 228 valence electrons. The maximum absolute atomic E-state index is 14.5. The van der Waals surface area contributed by atoms with Crippen LogP contribution in [0.15, 0.2) is 29.0 Å². The van der Waals surface area contributed by atoms with Crippen LogP contribution in [0.1, 0.15) is 91.3 Å². The fraction of sp³-hybridized carbons (Fsp3) is 0.576. The number of phenolic OH excluding ortho intramolecular Hbond substituents is 1. The van der Waals surface area contributed by atoms with Crippen LogP contribution in [0.4, 0.5) is 0 Å². The van der Waals surface area contributed by atoms with E-state index in [-0.39, 0.29) is 35.2 Å². The second-order valence-corrected chi connectivity index (χ2v) is 14.3. The van der Waals surface area contributed by atoms with Crippen LogP contribution >= 0.6 is 0 Å². The van der Waals surface area contributed by atoms with E-state index in [4.69, 9.17) is 0 Å². The van der Waals surface area contributed by atoms with Gasteiger partial charge < -0.3 is 25.5 Å². The van der Waals surface area contributed by atoms with Crippen molar-refractivity contribution in [3.63, 3.8) is 0 Å². The number of carbonyl (C=O) groups excluding carboxylic acids is 4. The fourth-order valence-corrected chi connectivity index (χ4v) is 7.98. The molecular formula is C33H42O9. The number of phenols is 1. The minimum Gasteiger partial charge on any atom is -0.508 e. The molecule has 1 aromatic rings. The molecule has 0 heterocycles. The number of aromatic hydroxyl groups is 1. The molecule has 1 fully saturated rings. The second kappa shape index (κ2) is 9.61. The second-order valence-electron chi connectivity index (χ2n) is 14.3. The Bertz CT molecular complexity index is 1490. The molecule has 0 saturated heterocycles. The lowest BCUT2D eigenvalue weighted by Crippen LogP contribution is -2.75. The van der Waals surface area contributed by atoms with Gasteiger partial charge in [0.25, 0.3) is 0 Å². The smallest absolute Gasteiger partial charge is 0.203 e.